The Kier molecular flexibility index (Phi) is 8.04. The number of fused-ring (bicyclic) bond motifs is 1. The molecule has 0 radical (unpaired) electrons. The van der Waals surface area contributed by atoms with E-state index in [1.54, 1.807) is 18.2 Å². The third-order valence-corrected chi connectivity index (χ3v) is 8.81. The number of sulfonamides is 1. The molecule has 10 nitrogen and oxygen atoms in total. The predicted octanol–water partition coefficient (Wildman–Crippen LogP) is 3.05. The van der Waals surface area contributed by atoms with Crippen LogP contribution in [0.15, 0.2) is 77.7 Å². The van der Waals surface area contributed by atoms with Crippen molar-refractivity contribution in [2.45, 2.75) is 29.9 Å². The molecule has 1 N–H and O–H groups in total. The lowest BCUT2D eigenvalue weighted by Crippen LogP contribution is -2.49. The van der Waals surface area contributed by atoms with Crippen molar-refractivity contribution >= 4 is 33.4 Å². The van der Waals surface area contributed by atoms with Crippen LogP contribution >= 0.6 is 0 Å². The van der Waals surface area contributed by atoms with Crippen LogP contribution in [0.3, 0.4) is 0 Å². The van der Waals surface area contributed by atoms with E-state index in [0.29, 0.717) is 10.9 Å². The van der Waals surface area contributed by atoms with Crippen LogP contribution in [-0.2, 0) is 24.3 Å². The molecule has 0 aromatic heterocycles. The van der Waals surface area contributed by atoms with Crippen LogP contribution in [0.5, 0.6) is 5.75 Å². The molecule has 0 unspecified atom stereocenters. The summed E-state index contributed by atoms with van der Waals surface area (Å²) in [5.41, 5.74) is 0.367. The maximum absolute atomic E-state index is 14.1. The van der Waals surface area contributed by atoms with Gasteiger partial charge >= 0.3 is 0 Å². The quantitative estimate of drug-likeness (QED) is 0.412. The second-order valence-corrected chi connectivity index (χ2v) is 11.4. The van der Waals surface area contributed by atoms with E-state index in [-0.39, 0.29) is 40.1 Å². The number of nitrogens with zero attached hydrogens (tertiary/aromatic N) is 2. The molecule has 1 fully saturated rings. The number of para-hydroxylation sites is 2. The van der Waals surface area contributed by atoms with Gasteiger partial charge in [-0.3, -0.25) is 19.3 Å². The molecule has 0 saturated carbocycles. The fourth-order valence-electron chi connectivity index (χ4n) is 5.01. The highest BCUT2D eigenvalue weighted by Gasteiger charge is 2.44. The van der Waals surface area contributed by atoms with Gasteiger partial charge in [-0.05, 0) is 54.8 Å². The smallest absolute Gasteiger partial charge is 0.269 e. The first-order chi connectivity index (χ1) is 19.7. The normalized spacial score (nSPS) is 18.0. The van der Waals surface area contributed by atoms with Gasteiger partial charge in [0.25, 0.3) is 15.9 Å². The second-order valence-electron chi connectivity index (χ2n) is 9.58. The summed E-state index contributed by atoms with van der Waals surface area (Å²) in [4.78, 5) is 41.9. The van der Waals surface area contributed by atoms with E-state index in [9.17, 15) is 27.2 Å². The Morgan fingerprint density at radius 3 is 2.49 bits per heavy atom. The lowest BCUT2D eigenvalue weighted by atomic mass is 10.0. The fraction of sp³-hybridized carbons (Fsp3) is 0.276. The van der Waals surface area contributed by atoms with Gasteiger partial charge in [0.15, 0.2) is 0 Å². The Balaban J connectivity index is 1.57. The first-order valence-electron chi connectivity index (χ1n) is 13.0. The molecule has 2 aliphatic heterocycles. The number of ether oxygens (including phenoxy) is 2. The highest BCUT2D eigenvalue weighted by atomic mass is 32.2. The number of benzene rings is 3. The average Bonchev–Trinajstić information content (AvgIpc) is 3.57. The molecule has 3 aromatic rings. The summed E-state index contributed by atoms with van der Waals surface area (Å²) in [5.74, 6) is -2.66. The number of carbonyl (C=O) groups is 3. The van der Waals surface area contributed by atoms with Gasteiger partial charge in [0.05, 0.1) is 24.5 Å². The summed E-state index contributed by atoms with van der Waals surface area (Å²) < 4.78 is 52.0. The number of rotatable bonds is 9. The standard InChI is InChI=1S/C29H28FN3O7S/c1-39-24-10-4-3-9-23(24)33(26(34)18-32-29(36)22-8-2-5-11-25(22)41(32,37)38)27(19-12-14-20(30)15-13-19)28(35)31-17-21-7-6-16-40-21/h2-5,8-15,21,27H,6-7,16-18H2,1H3,(H,31,35)/t21-,27-/m0/s1. The minimum atomic E-state index is -4.32. The van der Waals surface area contributed by atoms with E-state index < -0.39 is 46.1 Å². The molecule has 2 atom stereocenters. The number of anilines is 1. The summed E-state index contributed by atoms with van der Waals surface area (Å²) in [5, 5.41) is 2.82. The van der Waals surface area contributed by atoms with E-state index in [1.165, 1.54) is 49.6 Å². The number of halogens is 1. The summed E-state index contributed by atoms with van der Waals surface area (Å²) >= 11 is 0. The van der Waals surface area contributed by atoms with Gasteiger partial charge in [0, 0.05) is 13.2 Å². The molecule has 1 saturated heterocycles. The largest absolute Gasteiger partial charge is 0.495 e. The zero-order valence-corrected chi connectivity index (χ0v) is 23.0. The molecule has 0 aliphatic carbocycles. The van der Waals surface area contributed by atoms with Crippen LogP contribution in [-0.4, -0.2) is 63.4 Å². The van der Waals surface area contributed by atoms with Gasteiger partial charge < -0.3 is 14.8 Å². The minimum Gasteiger partial charge on any atom is -0.495 e. The van der Waals surface area contributed by atoms with Gasteiger partial charge in [-0.2, -0.15) is 0 Å². The van der Waals surface area contributed by atoms with Crippen molar-refractivity contribution in [3.8, 4) is 5.75 Å². The fourth-order valence-corrected chi connectivity index (χ4v) is 6.53. The average molecular weight is 582 g/mol. The van der Waals surface area contributed by atoms with Crippen LogP contribution < -0.4 is 15.0 Å². The number of carbonyl (C=O) groups excluding carboxylic acids is 3. The number of methoxy groups -OCH3 is 1. The van der Waals surface area contributed by atoms with Crippen molar-refractivity contribution < 1.29 is 36.7 Å². The summed E-state index contributed by atoms with van der Waals surface area (Å²) in [7, 11) is -2.94. The lowest BCUT2D eigenvalue weighted by molar-refractivity contribution is -0.127. The monoisotopic (exact) mass is 581 g/mol. The third-order valence-electron chi connectivity index (χ3n) is 7.02. The molecule has 2 heterocycles. The van der Waals surface area contributed by atoms with Gasteiger partial charge in [-0.15, -0.1) is 0 Å². The zero-order valence-electron chi connectivity index (χ0n) is 22.2. The molecular weight excluding hydrogens is 553 g/mol. The van der Waals surface area contributed by atoms with Crippen molar-refractivity contribution in [1.29, 1.82) is 0 Å². The molecule has 0 spiro atoms. The Morgan fingerprint density at radius 2 is 1.80 bits per heavy atom. The van der Waals surface area contributed by atoms with Crippen LogP contribution in [0, 0.1) is 5.82 Å². The highest BCUT2D eigenvalue weighted by Crippen LogP contribution is 2.36. The van der Waals surface area contributed by atoms with E-state index in [2.05, 4.69) is 5.32 Å². The molecule has 214 valence electrons. The van der Waals surface area contributed by atoms with Crippen molar-refractivity contribution in [1.82, 2.24) is 9.62 Å². The Bertz CT molecular complexity index is 1570. The Morgan fingerprint density at radius 1 is 1.10 bits per heavy atom. The molecule has 41 heavy (non-hydrogen) atoms. The van der Waals surface area contributed by atoms with E-state index in [4.69, 9.17) is 9.47 Å². The van der Waals surface area contributed by atoms with Crippen molar-refractivity contribution in [2.24, 2.45) is 0 Å². The number of nitrogens with one attached hydrogen (secondary N) is 1. The first kappa shape index (κ1) is 28.2. The highest BCUT2D eigenvalue weighted by molar-refractivity contribution is 7.90. The molecule has 5 rings (SSSR count). The number of hydrogen-bond donors (Lipinski definition) is 1. The molecule has 3 aromatic carbocycles. The second kappa shape index (κ2) is 11.7. The molecule has 2 aliphatic rings. The maximum Gasteiger partial charge on any atom is 0.269 e. The van der Waals surface area contributed by atoms with Crippen LogP contribution in [0.2, 0.25) is 0 Å². The van der Waals surface area contributed by atoms with Gasteiger partial charge in [0.1, 0.15) is 29.0 Å². The first-order valence-corrected chi connectivity index (χ1v) is 14.4. The van der Waals surface area contributed by atoms with E-state index >= 15 is 0 Å². The topological polar surface area (TPSA) is 122 Å². The maximum atomic E-state index is 14.1. The van der Waals surface area contributed by atoms with Crippen molar-refractivity contribution in [2.75, 3.05) is 31.7 Å². The van der Waals surface area contributed by atoms with Crippen molar-refractivity contribution in [3.63, 3.8) is 0 Å². The molecular formula is C29H28FN3O7S. The van der Waals surface area contributed by atoms with Gasteiger partial charge in [-0.1, -0.05) is 36.4 Å². The molecule has 3 amide bonds. The van der Waals surface area contributed by atoms with Crippen LogP contribution in [0.4, 0.5) is 10.1 Å². The predicted molar refractivity (Wildman–Crippen MR) is 146 cm³/mol. The summed E-state index contributed by atoms with van der Waals surface area (Å²) in [6.07, 6.45) is 1.41. The molecule has 12 heteroatoms. The number of hydrogen-bond acceptors (Lipinski definition) is 7. The number of amides is 3. The van der Waals surface area contributed by atoms with Gasteiger partial charge in [0.2, 0.25) is 11.8 Å². The Labute approximate surface area is 236 Å². The van der Waals surface area contributed by atoms with Gasteiger partial charge in [-0.25, -0.2) is 17.1 Å². The SMILES string of the molecule is COc1ccccc1N(C(=O)CN1C(=O)c2ccccc2S1(=O)=O)[C@H](C(=O)NC[C@@H]1CCCO1)c1ccc(F)cc1. The minimum absolute atomic E-state index is 0.0477. The van der Waals surface area contributed by atoms with Crippen LogP contribution in [0.25, 0.3) is 0 Å². The van der Waals surface area contributed by atoms with E-state index in [0.717, 1.165) is 29.9 Å². The van der Waals surface area contributed by atoms with Crippen molar-refractivity contribution in [3.05, 3.63) is 89.7 Å². The lowest BCUT2D eigenvalue weighted by Gasteiger charge is -2.33. The molecule has 0 bridgehead atoms. The summed E-state index contributed by atoms with van der Waals surface area (Å²) in [6.45, 7) is -0.127. The van der Waals surface area contributed by atoms with E-state index in [1.807, 2.05) is 0 Å². The van der Waals surface area contributed by atoms with Crippen LogP contribution in [0.1, 0.15) is 34.8 Å². The third kappa shape index (κ3) is 5.52. The summed E-state index contributed by atoms with van der Waals surface area (Å²) in [6, 6.07) is 15.8. The Hall–Kier alpha value is -4.29. The zero-order chi connectivity index (χ0) is 29.1.